The zero-order chi connectivity index (χ0) is 24.2. The molecule has 3 aromatic carbocycles. The van der Waals surface area contributed by atoms with Gasteiger partial charge in [0.1, 0.15) is 4.70 Å². The fraction of sp³-hybridized carbons (Fsp3) is 0.0370. The molecule has 0 bridgehead atoms. The van der Waals surface area contributed by atoms with Crippen LogP contribution in [-0.4, -0.2) is 17.1 Å². The molecule has 35 heavy (non-hydrogen) atoms. The van der Waals surface area contributed by atoms with Crippen molar-refractivity contribution in [1.29, 1.82) is 10.5 Å². The van der Waals surface area contributed by atoms with Gasteiger partial charge in [-0.25, -0.2) is 4.98 Å². The number of hydrogen-bond donors (Lipinski definition) is 1. The van der Waals surface area contributed by atoms with Gasteiger partial charge >= 0.3 is 0 Å². The highest BCUT2D eigenvalue weighted by atomic mass is 32.1. The van der Waals surface area contributed by atoms with Crippen molar-refractivity contribution in [2.24, 2.45) is 0 Å². The average Bonchev–Trinajstić information content (AvgIpc) is 3.38. The van der Waals surface area contributed by atoms with Crippen LogP contribution in [0.1, 0.15) is 11.1 Å². The summed E-state index contributed by atoms with van der Waals surface area (Å²) in [5, 5.41) is 23.1. The van der Waals surface area contributed by atoms with Crippen LogP contribution >= 0.6 is 11.3 Å². The minimum Gasteiger partial charge on any atom is -0.493 e. The summed E-state index contributed by atoms with van der Waals surface area (Å²) in [5.74, 6) is 1.86. The third kappa shape index (κ3) is 4.60. The minimum absolute atomic E-state index is 0.378. The SMILES string of the molecule is COc1cc(-c2ccc(C#N)cc2)ccc1Oc1nc(Nc2ccc(C#N)cc2)nc2ccsc12. The molecule has 2 heterocycles. The van der Waals surface area contributed by atoms with Gasteiger partial charge < -0.3 is 14.8 Å². The van der Waals surface area contributed by atoms with E-state index in [-0.39, 0.29) is 0 Å². The van der Waals surface area contributed by atoms with E-state index in [9.17, 15) is 0 Å². The van der Waals surface area contributed by atoms with E-state index in [4.69, 9.17) is 20.0 Å². The number of nitrogens with zero attached hydrogens (tertiary/aromatic N) is 4. The van der Waals surface area contributed by atoms with Gasteiger partial charge in [-0.05, 0) is 71.1 Å². The number of nitrogens with one attached hydrogen (secondary N) is 1. The van der Waals surface area contributed by atoms with E-state index >= 15 is 0 Å². The Morgan fingerprint density at radius 2 is 1.49 bits per heavy atom. The van der Waals surface area contributed by atoms with Gasteiger partial charge in [0.2, 0.25) is 11.8 Å². The molecular weight excluding hydrogens is 458 g/mol. The number of fused-ring (bicyclic) bond motifs is 1. The van der Waals surface area contributed by atoms with E-state index in [1.165, 1.54) is 11.3 Å². The highest BCUT2D eigenvalue weighted by molar-refractivity contribution is 7.17. The Labute approximate surface area is 205 Å². The number of benzene rings is 3. The zero-order valence-electron chi connectivity index (χ0n) is 18.5. The van der Waals surface area contributed by atoms with E-state index in [1.807, 2.05) is 41.8 Å². The van der Waals surface area contributed by atoms with Crippen LogP contribution in [0.5, 0.6) is 17.4 Å². The standard InChI is InChI=1S/C27H17N5O2S/c1-33-24-14-20(19-6-2-17(15-28)3-7-19)8-11-23(24)34-26-25-22(12-13-35-25)31-27(32-26)30-21-9-4-18(16-29)5-10-21/h2-14H,1H3,(H,30,31,32). The van der Waals surface area contributed by atoms with Crippen molar-refractivity contribution in [2.45, 2.75) is 0 Å². The summed E-state index contributed by atoms with van der Waals surface area (Å²) in [4.78, 5) is 9.17. The third-order valence-corrected chi connectivity index (χ3v) is 6.15. The van der Waals surface area contributed by atoms with Crippen molar-refractivity contribution in [1.82, 2.24) is 9.97 Å². The zero-order valence-corrected chi connectivity index (χ0v) is 19.3. The Bertz CT molecular complexity index is 1600. The molecule has 5 rings (SSSR count). The minimum atomic E-state index is 0.378. The van der Waals surface area contributed by atoms with Crippen LogP contribution in [0.3, 0.4) is 0 Å². The van der Waals surface area contributed by atoms with Crippen molar-refractivity contribution in [2.75, 3.05) is 12.4 Å². The number of methoxy groups -OCH3 is 1. The smallest absolute Gasteiger partial charge is 0.242 e. The molecule has 0 fully saturated rings. The molecule has 5 aromatic rings. The van der Waals surface area contributed by atoms with Crippen LogP contribution in [0.15, 0.2) is 78.2 Å². The molecule has 0 atom stereocenters. The van der Waals surface area contributed by atoms with E-state index in [2.05, 4.69) is 27.4 Å². The molecule has 0 saturated carbocycles. The number of nitriles is 2. The molecule has 7 nitrogen and oxygen atoms in total. The second-order valence-electron chi connectivity index (χ2n) is 7.46. The van der Waals surface area contributed by atoms with Crippen molar-refractivity contribution < 1.29 is 9.47 Å². The number of ether oxygens (including phenoxy) is 2. The van der Waals surface area contributed by atoms with Crippen LogP contribution < -0.4 is 14.8 Å². The van der Waals surface area contributed by atoms with Gasteiger partial charge in [-0.15, -0.1) is 11.3 Å². The fourth-order valence-corrected chi connectivity index (χ4v) is 4.25. The number of aromatic nitrogens is 2. The van der Waals surface area contributed by atoms with E-state index in [1.54, 1.807) is 43.5 Å². The van der Waals surface area contributed by atoms with Crippen LogP contribution in [0.4, 0.5) is 11.6 Å². The molecule has 0 amide bonds. The van der Waals surface area contributed by atoms with Gasteiger partial charge in [0.05, 0.1) is 35.9 Å². The summed E-state index contributed by atoms with van der Waals surface area (Å²) in [6.45, 7) is 0. The topological polar surface area (TPSA) is 104 Å². The number of rotatable bonds is 6. The fourth-order valence-electron chi connectivity index (χ4n) is 3.49. The second-order valence-corrected chi connectivity index (χ2v) is 8.37. The van der Waals surface area contributed by atoms with Gasteiger partial charge in [0.25, 0.3) is 0 Å². The molecule has 168 valence electrons. The molecule has 8 heteroatoms. The monoisotopic (exact) mass is 475 g/mol. The largest absolute Gasteiger partial charge is 0.493 e. The number of anilines is 2. The maximum atomic E-state index is 9.03. The molecular formula is C27H17N5O2S. The molecule has 0 aliphatic rings. The van der Waals surface area contributed by atoms with Gasteiger partial charge in [0, 0.05) is 5.69 Å². The van der Waals surface area contributed by atoms with Crippen molar-refractivity contribution in [3.05, 3.63) is 89.3 Å². The van der Waals surface area contributed by atoms with Gasteiger partial charge in [-0.1, -0.05) is 18.2 Å². The Kier molecular flexibility index (Phi) is 5.96. The van der Waals surface area contributed by atoms with E-state index in [0.717, 1.165) is 27.0 Å². The molecule has 0 radical (unpaired) electrons. The Balaban J connectivity index is 1.46. The lowest BCUT2D eigenvalue weighted by atomic mass is 10.0. The maximum absolute atomic E-state index is 9.03. The third-order valence-electron chi connectivity index (χ3n) is 5.26. The Hall–Kier alpha value is -4.92. The predicted molar refractivity (Wildman–Crippen MR) is 135 cm³/mol. The summed E-state index contributed by atoms with van der Waals surface area (Å²) in [7, 11) is 1.59. The first-order chi connectivity index (χ1) is 17.2. The normalized spacial score (nSPS) is 10.4. The summed E-state index contributed by atoms with van der Waals surface area (Å²) in [5.41, 5.74) is 4.59. The predicted octanol–water partition coefficient (Wildman–Crippen LogP) is 6.65. The lowest BCUT2D eigenvalue weighted by molar-refractivity contribution is 0.376. The quantitative estimate of drug-likeness (QED) is 0.293. The number of hydrogen-bond acceptors (Lipinski definition) is 8. The first-order valence-corrected chi connectivity index (χ1v) is 11.4. The van der Waals surface area contributed by atoms with Crippen LogP contribution in [-0.2, 0) is 0 Å². The Morgan fingerprint density at radius 3 is 2.17 bits per heavy atom. The van der Waals surface area contributed by atoms with Gasteiger partial charge in [-0.2, -0.15) is 15.5 Å². The lowest BCUT2D eigenvalue weighted by Crippen LogP contribution is -2.00. The summed E-state index contributed by atoms with van der Waals surface area (Å²) < 4.78 is 12.6. The summed E-state index contributed by atoms with van der Waals surface area (Å²) in [6.07, 6.45) is 0. The molecule has 1 N–H and O–H groups in total. The van der Waals surface area contributed by atoms with Gasteiger partial charge in [0.15, 0.2) is 11.5 Å². The van der Waals surface area contributed by atoms with E-state index in [0.29, 0.717) is 34.5 Å². The molecule has 0 aliphatic carbocycles. The first-order valence-electron chi connectivity index (χ1n) is 10.6. The highest BCUT2D eigenvalue weighted by Gasteiger charge is 2.15. The summed E-state index contributed by atoms with van der Waals surface area (Å²) in [6, 6.07) is 26.2. The molecule has 2 aromatic heterocycles. The van der Waals surface area contributed by atoms with Crippen LogP contribution in [0.2, 0.25) is 0 Å². The molecule has 0 unspecified atom stereocenters. The Morgan fingerprint density at radius 1 is 0.800 bits per heavy atom. The maximum Gasteiger partial charge on any atom is 0.242 e. The van der Waals surface area contributed by atoms with Crippen molar-refractivity contribution in [3.8, 4) is 40.6 Å². The van der Waals surface area contributed by atoms with Crippen molar-refractivity contribution >= 4 is 33.2 Å². The van der Waals surface area contributed by atoms with Crippen LogP contribution in [0.25, 0.3) is 21.3 Å². The molecule has 0 aliphatic heterocycles. The molecule has 0 spiro atoms. The van der Waals surface area contributed by atoms with Gasteiger partial charge in [-0.3, -0.25) is 0 Å². The van der Waals surface area contributed by atoms with Crippen molar-refractivity contribution in [3.63, 3.8) is 0 Å². The number of thiophene rings is 1. The summed E-state index contributed by atoms with van der Waals surface area (Å²) >= 11 is 1.49. The lowest BCUT2D eigenvalue weighted by Gasteiger charge is -2.13. The highest BCUT2D eigenvalue weighted by Crippen LogP contribution is 2.38. The van der Waals surface area contributed by atoms with E-state index < -0.39 is 0 Å². The second kappa shape index (κ2) is 9.52. The first kappa shape index (κ1) is 21.9. The molecule has 0 saturated heterocycles. The average molecular weight is 476 g/mol. The van der Waals surface area contributed by atoms with Crippen LogP contribution in [0, 0.1) is 22.7 Å².